The standard InChI is InChI=1S/C26H27NO6/c1-33-20-14-12-19(13-15-20)24-23(21(28)16-11-18-8-4-2-5-9-18)25(31)26(32)27(24)17-7-3-6-10-22(29)30/h2,4-5,8-9,11-16,24,31H,3,6-7,10,17H2,1H3,(H,29,30)/b16-11+. The minimum absolute atomic E-state index is 0.0304. The maximum atomic E-state index is 13.1. The molecule has 2 aromatic carbocycles. The van der Waals surface area contributed by atoms with Crippen molar-refractivity contribution in [2.75, 3.05) is 13.7 Å². The van der Waals surface area contributed by atoms with E-state index in [0.717, 1.165) is 5.56 Å². The summed E-state index contributed by atoms with van der Waals surface area (Å²) in [6.07, 6.45) is 4.74. The van der Waals surface area contributed by atoms with Crippen molar-refractivity contribution in [2.45, 2.75) is 31.7 Å². The Morgan fingerprint density at radius 1 is 1.03 bits per heavy atom. The van der Waals surface area contributed by atoms with Crippen LogP contribution in [0.15, 0.2) is 72.0 Å². The van der Waals surface area contributed by atoms with Crippen molar-refractivity contribution in [1.82, 2.24) is 4.90 Å². The molecule has 33 heavy (non-hydrogen) atoms. The van der Waals surface area contributed by atoms with Crippen LogP contribution >= 0.6 is 0 Å². The van der Waals surface area contributed by atoms with Gasteiger partial charge in [-0.1, -0.05) is 55.0 Å². The number of amides is 1. The molecule has 172 valence electrons. The number of rotatable bonds is 11. The third kappa shape index (κ3) is 5.88. The first kappa shape index (κ1) is 23.8. The number of carboxylic acids is 1. The van der Waals surface area contributed by atoms with Gasteiger partial charge in [0.25, 0.3) is 5.91 Å². The molecule has 1 unspecified atom stereocenters. The van der Waals surface area contributed by atoms with Crippen LogP contribution in [0.4, 0.5) is 0 Å². The Hall–Kier alpha value is -3.87. The molecule has 2 aromatic rings. The van der Waals surface area contributed by atoms with Gasteiger partial charge in [-0.15, -0.1) is 0 Å². The van der Waals surface area contributed by atoms with Crippen molar-refractivity contribution in [2.24, 2.45) is 0 Å². The molecule has 0 bridgehead atoms. The molecule has 1 atom stereocenters. The number of hydrogen-bond donors (Lipinski definition) is 2. The Labute approximate surface area is 192 Å². The SMILES string of the molecule is COc1ccc(C2C(C(=O)/C=C/c3ccccc3)=C(O)C(=O)N2CCCCCC(=O)O)cc1. The van der Waals surface area contributed by atoms with E-state index in [2.05, 4.69) is 0 Å². The molecule has 1 amide bonds. The average Bonchev–Trinajstić information content (AvgIpc) is 3.08. The van der Waals surface area contributed by atoms with Crippen LogP contribution in [-0.4, -0.2) is 46.4 Å². The zero-order chi connectivity index (χ0) is 23.8. The van der Waals surface area contributed by atoms with Gasteiger partial charge in [-0.05, 0) is 42.2 Å². The third-order valence-corrected chi connectivity index (χ3v) is 5.52. The number of allylic oxidation sites excluding steroid dienone is 1. The van der Waals surface area contributed by atoms with Gasteiger partial charge < -0.3 is 19.8 Å². The van der Waals surface area contributed by atoms with Gasteiger partial charge in [-0.2, -0.15) is 0 Å². The molecule has 1 aliphatic heterocycles. The van der Waals surface area contributed by atoms with E-state index in [0.29, 0.717) is 37.1 Å². The van der Waals surface area contributed by atoms with Crippen LogP contribution in [0.2, 0.25) is 0 Å². The average molecular weight is 450 g/mol. The number of benzene rings is 2. The second-order valence-electron chi connectivity index (χ2n) is 7.75. The van der Waals surface area contributed by atoms with E-state index >= 15 is 0 Å². The summed E-state index contributed by atoms with van der Waals surface area (Å²) in [7, 11) is 1.55. The van der Waals surface area contributed by atoms with Crippen LogP contribution in [0, 0.1) is 0 Å². The molecule has 2 N–H and O–H groups in total. The van der Waals surface area contributed by atoms with Gasteiger partial charge in [0.1, 0.15) is 5.75 Å². The molecule has 0 aromatic heterocycles. The summed E-state index contributed by atoms with van der Waals surface area (Å²) in [5.41, 5.74) is 1.53. The molecular weight excluding hydrogens is 422 g/mol. The number of aliphatic hydroxyl groups excluding tert-OH is 1. The fourth-order valence-corrected chi connectivity index (χ4v) is 3.83. The van der Waals surface area contributed by atoms with Gasteiger partial charge in [-0.3, -0.25) is 14.4 Å². The molecule has 0 radical (unpaired) electrons. The molecule has 1 aliphatic rings. The quantitative estimate of drug-likeness (QED) is 0.391. The highest BCUT2D eigenvalue weighted by molar-refractivity contribution is 6.14. The summed E-state index contributed by atoms with van der Waals surface area (Å²) >= 11 is 0. The number of aliphatic hydroxyl groups is 1. The zero-order valence-corrected chi connectivity index (χ0v) is 18.4. The predicted molar refractivity (Wildman–Crippen MR) is 124 cm³/mol. The molecule has 0 saturated heterocycles. The number of ether oxygens (including phenoxy) is 1. The summed E-state index contributed by atoms with van der Waals surface area (Å²) in [6, 6.07) is 15.5. The summed E-state index contributed by atoms with van der Waals surface area (Å²) in [4.78, 5) is 38.2. The van der Waals surface area contributed by atoms with Crippen molar-refractivity contribution < 1.29 is 29.3 Å². The topological polar surface area (TPSA) is 104 Å². The molecule has 0 spiro atoms. The highest BCUT2D eigenvalue weighted by Gasteiger charge is 2.42. The second kappa shape index (κ2) is 11.1. The highest BCUT2D eigenvalue weighted by Crippen LogP contribution is 2.38. The number of nitrogens with zero attached hydrogens (tertiary/aromatic N) is 1. The number of aliphatic carboxylic acids is 1. The normalized spacial score (nSPS) is 16.0. The van der Waals surface area contributed by atoms with Gasteiger partial charge in [-0.25, -0.2) is 0 Å². The number of ketones is 1. The van der Waals surface area contributed by atoms with E-state index in [1.165, 1.54) is 11.0 Å². The predicted octanol–water partition coefficient (Wildman–Crippen LogP) is 4.32. The summed E-state index contributed by atoms with van der Waals surface area (Å²) in [5, 5.41) is 19.4. The molecule has 0 fully saturated rings. The van der Waals surface area contributed by atoms with E-state index in [1.54, 1.807) is 37.5 Å². The summed E-state index contributed by atoms with van der Waals surface area (Å²) < 4.78 is 5.21. The van der Waals surface area contributed by atoms with E-state index in [4.69, 9.17) is 9.84 Å². The minimum atomic E-state index is -0.860. The van der Waals surface area contributed by atoms with Crippen molar-refractivity contribution in [3.63, 3.8) is 0 Å². The lowest BCUT2D eigenvalue weighted by molar-refractivity contribution is -0.137. The third-order valence-electron chi connectivity index (χ3n) is 5.52. The molecule has 0 saturated carbocycles. The largest absolute Gasteiger partial charge is 0.503 e. The Kier molecular flexibility index (Phi) is 8.02. The van der Waals surface area contributed by atoms with Gasteiger partial charge in [0, 0.05) is 13.0 Å². The first-order chi connectivity index (χ1) is 15.9. The fraction of sp³-hybridized carbons (Fsp3) is 0.269. The monoisotopic (exact) mass is 449 g/mol. The van der Waals surface area contributed by atoms with E-state index < -0.39 is 29.5 Å². The lowest BCUT2D eigenvalue weighted by atomic mass is 9.95. The molecule has 7 heteroatoms. The zero-order valence-electron chi connectivity index (χ0n) is 18.4. The molecule has 3 rings (SSSR count). The van der Waals surface area contributed by atoms with Gasteiger partial charge in [0.05, 0.1) is 18.7 Å². The number of hydrogen-bond acceptors (Lipinski definition) is 5. The van der Waals surface area contributed by atoms with Crippen molar-refractivity contribution in [3.05, 3.63) is 83.1 Å². The molecule has 0 aliphatic carbocycles. The Bertz CT molecular complexity index is 1060. The smallest absolute Gasteiger partial charge is 0.303 e. The lowest BCUT2D eigenvalue weighted by Gasteiger charge is -2.26. The number of unbranched alkanes of at least 4 members (excludes halogenated alkanes) is 2. The molecule has 7 nitrogen and oxygen atoms in total. The van der Waals surface area contributed by atoms with Gasteiger partial charge >= 0.3 is 5.97 Å². The first-order valence-corrected chi connectivity index (χ1v) is 10.8. The number of methoxy groups -OCH3 is 1. The molecule has 1 heterocycles. The van der Waals surface area contributed by atoms with Crippen molar-refractivity contribution in [3.8, 4) is 5.75 Å². The van der Waals surface area contributed by atoms with Crippen LogP contribution < -0.4 is 4.74 Å². The van der Waals surface area contributed by atoms with Crippen LogP contribution in [0.25, 0.3) is 6.08 Å². The van der Waals surface area contributed by atoms with Crippen molar-refractivity contribution in [1.29, 1.82) is 0 Å². The number of carbonyl (C=O) groups is 3. The summed E-state index contributed by atoms with van der Waals surface area (Å²) in [5.74, 6) is -1.83. The number of carboxylic acid groups (broad SMARTS) is 1. The Morgan fingerprint density at radius 3 is 2.36 bits per heavy atom. The van der Waals surface area contributed by atoms with Gasteiger partial charge in [0.2, 0.25) is 0 Å². The lowest BCUT2D eigenvalue weighted by Crippen LogP contribution is -2.32. The first-order valence-electron chi connectivity index (χ1n) is 10.8. The fourth-order valence-electron chi connectivity index (χ4n) is 3.83. The van der Waals surface area contributed by atoms with E-state index in [9.17, 15) is 19.5 Å². The summed E-state index contributed by atoms with van der Waals surface area (Å²) in [6.45, 7) is 0.290. The maximum absolute atomic E-state index is 13.1. The molecular formula is C26H27NO6. The number of carbonyl (C=O) groups excluding carboxylic acids is 2. The van der Waals surface area contributed by atoms with Crippen molar-refractivity contribution >= 4 is 23.7 Å². The maximum Gasteiger partial charge on any atom is 0.303 e. The highest BCUT2D eigenvalue weighted by atomic mass is 16.5. The minimum Gasteiger partial charge on any atom is -0.503 e. The van der Waals surface area contributed by atoms with Crippen LogP contribution in [-0.2, 0) is 14.4 Å². The van der Waals surface area contributed by atoms with Crippen LogP contribution in [0.5, 0.6) is 5.75 Å². The Morgan fingerprint density at radius 2 is 1.73 bits per heavy atom. The van der Waals surface area contributed by atoms with Gasteiger partial charge in [0.15, 0.2) is 11.5 Å². The Balaban J connectivity index is 1.86. The van der Waals surface area contributed by atoms with Crippen LogP contribution in [0.1, 0.15) is 42.9 Å². The van der Waals surface area contributed by atoms with Crippen LogP contribution in [0.3, 0.4) is 0 Å². The second-order valence-corrected chi connectivity index (χ2v) is 7.75. The van der Waals surface area contributed by atoms with E-state index in [1.807, 2.05) is 30.3 Å². The van der Waals surface area contributed by atoms with E-state index in [-0.39, 0.29) is 12.0 Å².